The molecule has 3 heterocycles. The zero-order chi connectivity index (χ0) is 23.5. The van der Waals surface area contributed by atoms with E-state index in [4.69, 9.17) is 17.0 Å². The number of esters is 1. The minimum atomic E-state index is -0.294. The van der Waals surface area contributed by atoms with Crippen molar-refractivity contribution in [2.45, 2.75) is 46.2 Å². The number of benzene rings is 1. The second-order valence-corrected chi connectivity index (χ2v) is 8.63. The summed E-state index contributed by atoms with van der Waals surface area (Å²) in [5.41, 5.74) is 6.66. The molecule has 0 radical (unpaired) electrons. The molecule has 0 aliphatic carbocycles. The van der Waals surface area contributed by atoms with Crippen molar-refractivity contribution in [1.82, 2.24) is 19.8 Å². The number of ether oxygens (including phenoxy) is 1. The average molecular weight is 463 g/mol. The van der Waals surface area contributed by atoms with Crippen LogP contribution >= 0.6 is 12.2 Å². The normalized spacial score (nSPS) is 17.8. The van der Waals surface area contributed by atoms with Gasteiger partial charge in [-0.05, 0) is 80.9 Å². The van der Waals surface area contributed by atoms with Crippen molar-refractivity contribution in [1.29, 1.82) is 0 Å². The van der Waals surface area contributed by atoms with E-state index in [2.05, 4.69) is 66.0 Å². The maximum Gasteiger partial charge on any atom is 0.325 e. The van der Waals surface area contributed by atoms with Crippen LogP contribution in [0.4, 0.5) is 0 Å². The maximum absolute atomic E-state index is 12.4. The third-order valence-electron chi connectivity index (χ3n) is 6.19. The quantitative estimate of drug-likeness (QED) is 0.410. The first-order chi connectivity index (χ1) is 15.9. The van der Waals surface area contributed by atoms with E-state index >= 15 is 0 Å². The molecule has 3 aromatic rings. The second kappa shape index (κ2) is 9.75. The number of hydrogen-bond acceptors (Lipinski definition) is 4. The van der Waals surface area contributed by atoms with Gasteiger partial charge in [-0.15, -0.1) is 0 Å². The van der Waals surface area contributed by atoms with Crippen LogP contribution < -0.4 is 5.32 Å². The Labute approximate surface area is 200 Å². The van der Waals surface area contributed by atoms with Gasteiger partial charge in [0, 0.05) is 23.3 Å². The van der Waals surface area contributed by atoms with Crippen LogP contribution in [0.3, 0.4) is 0 Å². The molecule has 0 unspecified atom stereocenters. The number of nitrogens with one attached hydrogen (secondary N) is 1. The molecule has 1 aliphatic heterocycles. The number of carbonyl (C=O) groups excluding carboxylic acids is 1. The number of rotatable bonds is 7. The van der Waals surface area contributed by atoms with Crippen LogP contribution in [-0.4, -0.2) is 38.7 Å². The van der Waals surface area contributed by atoms with Crippen molar-refractivity contribution in [3.8, 4) is 5.69 Å². The van der Waals surface area contributed by atoms with Crippen molar-refractivity contribution >= 4 is 23.3 Å². The van der Waals surface area contributed by atoms with E-state index in [-0.39, 0.29) is 24.6 Å². The molecule has 1 fully saturated rings. The molecule has 0 spiro atoms. The van der Waals surface area contributed by atoms with Gasteiger partial charge in [-0.1, -0.05) is 25.1 Å². The van der Waals surface area contributed by atoms with Gasteiger partial charge in [0.1, 0.15) is 6.54 Å². The Kier molecular flexibility index (Phi) is 6.79. The molecule has 0 amide bonds. The van der Waals surface area contributed by atoms with E-state index in [0.717, 1.165) is 34.8 Å². The minimum absolute atomic E-state index is 0.0859. The first-order valence-electron chi connectivity index (χ1n) is 11.4. The summed E-state index contributed by atoms with van der Waals surface area (Å²) in [5.74, 6) is -0.294. The van der Waals surface area contributed by atoms with Crippen LogP contribution in [0.5, 0.6) is 0 Å². The van der Waals surface area contributed by atoms with Crippen molar-refractivity contribution in [3.63, 3.8) is 0 Å². The van der Waals surface area contributed by atoms with E-state index < -0.39 is 0 Å². The zero-order valence-corrected chi connectivity index (χ0v) is 20.4. The lowest BCUT2D eigenvalue weighted by molar-refractivity contribution is -0.143. The molecule has 2 aromatic heterocycles. The molecule has 1 aliphatic rings. The van der Waals surface area contributed by atoms with E-state index in [9.17, 15) is 4.79 Å². The molecule has 0 saturated carbocycles. The van der Waals surface area contributed by atoms with Gasteiger partial charge in [0.2, 0.25) is 0 Å². The van der Waals surface area contributed by atoms with Crippen LogP contribution in [0.25, 0.3) is 5.69 Å². The number of pyridine rings is 1. The first-order valence-corrected chi connectivity index (χ1v) is 11.8. The van der Waals surface area contributed by atoms with Gasteiger partial charge < -0.3 is 19.5 Å². The highest BCUT2D eigenvalue weighted by Gasteiger charge is 2.42. The van der Waals surface area contributed by atoms with E-state index in [1.54, 1.807) is 6.20 Å². The SMILES string of the molecule is CCOC(=O)CN1C(=S)N[C@@H](c2ccccn2)[C@H]1c1cc(C)n(-c2ccc(CC)cc2)c1C. The van der Waals surface area contributed by atoms with E-state index in [1.807, 2.05) is 30.0 Å². The Morgan fingerprint density at radius 1 is 1.15 bits per heavy atom. The number of carbonyl (C=O) groups is 1. The molecular formula is C26H30N4O2S. The number of thiocarbonyl (C=S) groups is 1. The van der Waals surface area contributed by atoms with Gasteiger partial charge >= 0.3 is 5.97 Å². The summed E-state index contributed by atoms with van der Waals surface area (Å²) in [7, 11) is 0. The summed E-state index contributed by atoms with van der Waals surface area (Å²) in [6.07, 6.45) is 2.79. The Hall–Kier alpha value is -3.19. The third-order valence-corrected chi connectivity index (χ3v) is 6.55. The van der Waals surface area contributed by atoms with E-state index in [0.29, 0.717) is 11.7 Å². The van der Waals surface area contributed by atoms with Crippen LogP contribution in [0.15, 0.2) is 54.7 Å². The van der Waals surface area contributed by atoms with Gasteiger partial charge in [-0.2, -0.15) is 0 Å². The fourth-order valence-corrected chi connectivity index (χ4v) is 4.93. The molecule has 7 heteroatoms. The summed E-state index contributed by atoms with van der Waals surface area (Å²) >= 11 is 5.67. The average Bonchev–Trinajstić information content (AvgIpc) is 3.29. The smallest absolute Gasteiger partial charge is 0.325 e. The van der Waals surface area contributed by atoms with Gasteiger partial charge in [0.15, 0.2) is 5.11 Å². The fourth-order valence-electron chi connectivity index (χ4n) is 4.63. The zero-order valence-electron chi connectivity index (χ0n) is 19.5. The number of aryl methyl sites for hydroxylation is 2. The number of hydrogen-bond donors (Lipinski definition) is 1. The summed E-state index contributed by atoms with van der Waals surface area (Å²) in [4.78, 5) is 18.9. The van der Waals surface area contributed by atoms with E-state index in [1.165, 1.54) is 5.56 Å². The summed E-state index contributed by atoms with van der Waals surface area (Å²) in [6.45, 7) is 8.62. The predicted octanol–water partition coefficient (Wildman–Crippen LogP) is 4.59. The molecular weight excluding hydrogens is 432 g/mol. The van der Waals surface area contributed by atoms with Crippen molar-refractivity contribution < 1.29 is 9.53 Å². The minimum Gasteiger partial charge on any atom is -0.465 e. The summed E-state index contributed by atoms with van der Waals surface area (Å²) in [5, 5.41) is 3.93. The molecule has 4 rings (SSSR count). The summed E-state index contributed by atoms with van der Waals surface area (Å²) in [6, 6.07) is 16.3. The standard InChI is InChI=1S/C26H30N4O2S/c1-5-19-10-12-20(13-11-19)30-17(3)15-21(18(30)4)25-24(22-9-7-8-14-27-22)28-26(33)29(25)16-23(31)32-6-2/h7-15,24-25H,5-6,16H2,1-4H3,(H,28,33)/t24-,25+/m0/s1. The Morgan fingerprint density at radius 2 is 1.91 bits per heavy atom. The Morgan fingerprint density at radius 3 is 2.55 bits per heavy atom. The molecule has 1 N–H and O–H groups in total. The second-order valence-electron chi connectivity index (χ2n) is 8.24. The van der Waals surface area contributed by atoms with Crippen molar-refractivity contribution in [2.75, 3.05) is 13.2 Å². The monoisotopic (exact) mass is 462 g/mol. The predicted molar refractivity (Wildman–Crippen MR) is 133 cm³/mol. The molecule has 172 valence electrons. The molecule has 33 heavy (non-hydrogen) atoms. The Balaban J connectivity index is 1.79. The summed E-state index contributed by atoms with van der Waals surface area (Å²) < 4.78 is 7.50. The highest BCUT2D eigenvalue weighted by Crippen LogP contribution is 2.41. The van der Waals surface area contributed by atoms with Gasteiger partial charge in [0.25, 0.3) is 0 Å². The Bertz CT molecular complexity index is 1140. The van der Waals surface area contributed by atoms with Gasteiger partial charge in [-0.25, -0.2) is 0 Å². The van der Waals surface area contributed by atoms with Gasteiger partial charge in [-0.3, -0.25) is 9.78 Å². The van der Waals surface area contributed by atoms with Crippen LogP contribution in [0, 0.1) is 13.8 Å². The lowest BCUT2D eigenvalue weighted by atomic mass is 9.97. The highest BCUT2D eigenvalue weighted by molar-refractivity contribution is 7.80. The van der Waals surface area contributed by atoms with Gasteiger partial charge in [0.05, 0.1) is 24.4 Å². The van der Waals surface area contributed by atoms with Crippen LogP contribution in [0.1, 0.15) is 54.1 Å². The molecule has 1 saturated heterocycles. The largest absolute Gasteiger partial charge is 0.465 e. The number of nitrogens with zero attached hydrogens (tertiary/aromatic N) is 3. The lowest BCUT2D eigenvalue weighted by Gasteiger charge is -2.27. The first kappa shape index (κ1) is 23.0. The maximum atomic E-state index is 12.4. The van der Waals surface area contributed by atoms with Crippen LogP contribution in [0.2, 0.25) is 0 Å². The fraction of sp³-hybridized carbons (Fsp3) is 0.346. The van der Waals surface area contributed by atoms with Crippen molar-refractivity contribution in [2.24, 2.45) is 0 Å². The third kappa shape index (κ3) is 4.50. The molecule has 0 bridgehead atoms. The number of aromatic nitrogens is 2. The lowest BCUT2D eigenvalue weighted by Crippen LogP contribution is -2.35. The topological polar surface area (TPSA) is 59.4 Å². The van der Waals surface area contributed by atoms with Crippen molar-refractivity contribution in [3.05, 3.63) is 82.9 Å². The molecule has 2 atom stereocenters. The molecule has 6 nitrogen and oxygen atoms in total. The van der Waals surface area contributed by atoms with Crippen LogP contribution in [-0.2, 0) is 16.0 Å². The molecule has 1 aromatic carbocycles. The highest BCUT2D eigenvalue weighted by atomic mass is 32.1.